The van der Waals surface area contributed by atoms with Crippen LogP contribution < -0.4 is 10.3 Å². The second kappa shape index (κ2) is 5.69. The number of aromatic amines is 2. The molecule has 0 atom stereocenters. The van der Waals surface area contributed by atoms with Crippen LogP contribution in [0.15, 0.2) is 24.4 Å². The Balaban J connectivity index is 2.14. The van der Waals surface area contributed by atoms with Crippen molar-refractivity contribution in [1.82, 2.24) is 10.3 Å². The minimum atomic E-state index is -0.213. The standard InChI is InChI=1S/C15H17N3O2/c1-9-13(11(3)19)10(2)18-14(9)15(20)17-8-12-6-4-5-7-16-12/h4-7,18H,8H2,1-3H3,(H,17,20)/p+1. The normalized spacial score (nSPS) is 10.3. The first kappa shape index (κ1) is 14.0. The Hall–Kier alpha value is -2.43. The maximum Gasteiger partial charge on any atom is 0.268 e. The van der Waals surface area contributed by atoms with E-state index in [1.807, 2.05) is 18.2 Å². The van der Waals surface area contributed by atoms with Gasteiger partial charge in [-0.05, 0) is 26.3 Å². The Bertz CT molecular complexity index is 645. The number of nitrogens with one attached hydrogen (secondary N) is 3. The number of carbonyl (C=O) groups is 2. The van der Waals surface area contributed by atoms with Gasteiger partial charge in [0, 0.05) is 23.4 Å². The third-order valence-electron chi connectivity index (χ3n) is 3.23. The summed E-state index contributed by atoms with van der Waals surface area (Å²) in [6.45, 7) is 5.49. The summed E-state index contributed by atoms with van der Waals surface area (Å²) >= 11 is 0. The fraction of sp³-hybridized carbons (Fsp3) is 0.267. The van der Waals surface area contributed by atoms with Gasteiger partial charge in [-0.1, -0.05) is 6.07 Å². The highest BCUT2D eigenvalue weighted by Crippen LogP contribution is 2.18. The second-order valence-electron chi connectivity index (χ2n) is 4.75. The van der Waals surface area contributed by atoms with Crippen LogP contribution in [0.2, 0.25) is 0 Å². The number of ketones is 1. The van der Waals surface area contributed by atoms with Crippen LogP contribution in [0.3, 0.4) is 0 Å². The van der Waals surface area contributed by atoms with Crippen molar-refractivity contribution in [1.29, 1.82) is 0 Å². The van der Waals surface area contributed by atoms with E-state index in [0.717, 1.165) is 11.4 Å². The molecule has 0 fully saturated rings. The van der Waals surface area contributed by atoms with Gasteiger partial charge >= 0.3 is 0 Å². The van der Waals surface area contributed by atoms with Crippen molar-refractivity contribution in [2.24, 2.45) is 0 Å². The molecule has 2 heterocycles. The van der Waals surface area contributed by atoms with E-state index in [2.05, 4.69) is 15.3 Å². The maximum atomic E-state index is 12.2. The lowest BCUT2D eigenvalue weighted by Crippen LogP contribution is -2.27. The van der Waals surface area contributed by atoms with Gasteiger partial charge in [0.05, 0.1) is 0 Å². The lowest BCUT2D eigenvalue weighted by atomic mass is 10.1. The summed E-state index contributed by atoms with van der Waals surface area (Å²) in [4.78, 5) is 29.7. The number of aromatic nitrogens is 2. The van der Waals surface area contributed by atoms with Crippen LogP contribution in [0.25, 0.3) is 0 Å². The van der Waals surface area contributed by atoms with E-state index in [1.54, 1.807) is 20.0 Å². The van der Waals surface area contributed by atoms with Crippen LogP contribution in [0, 0.1) is 13.8 Å². The number of aryl methyl sites for hydroxylation is 1. The van der Waals surface area contributed by atoms with Gasteiger partial charge in [-0.15, -0.1) is 0 Å². The van der Waals surface area contributed by atoms with Gasteiger partial charge < -0.3 is 10.3 Å². The van der Waals surface area contributed by atoms with Gasteiger partial charge in [0.15, 0.2) is 17.7 Å². The van der Waals surface area contributed by atoms with Crippen LogP contribution in [0.1, 0.15) is 44.7 Å². The largest absolute Gasteiger partial charge is 0.354 e. The molecule has 0 spiro atoms. The lowest BCUT2D eigenvalue weighted by molar-refractivity contribution is -0.390. The summed E-state index contributed by atoms with van der Waals surface area (Å²) in [6, 6.07) is 5.67. The number of H-pyrrole nitrogens is 2. The smallest absolute Gasteiger partial charge is 0.268 e. The van der Waals surface area contributed by atoms with E-state index in [0.29, 0.717) is 23.4 Å². The van der Waals surface area contributed by atoms with Gasteiger partial charge in [0.25, 0.3) is 5.91 Å². The molecule has 20 heavy (non-hydrogen) atoms. The number of hydrogen-bond donors (Lipinski definition) is 2. The van der Waals surface area contributed by atoms with Crippen LogP contribution in [0.4, 0.5) is 0 Å². The second-order valence-corrected chi connectivity index (χ2v) is 4.75. The van der Waals surface area contributed by atoms with Crippen molar-refractivity contribution in [3.05, 3.63) is 52.6 Å². The zero-order valence-corrected chi connectivity index (χ0v) is 11.8. The van der Waals surface area contributed by atoms with Crippen LogP contribution in [-0.4, -0.2) is 16.7 Å². The lowest BCUT2D eigenvalue weighted by Gasteiger charge is -2.02. The first-order valence-corrected chi connectivity index (χ1v) is 6.44. The highest BCUT2D eigenvalue weighted by Gasteiger charge is 2.19. The molecular weight excluding hydrogens is 254 g/mol. The first-order chi connectivity index (χ1) is 9.50. The van der Waals surface area contributed by atoms with Crippen molar-refractivity contribution < 1.29 is 14.6 Å². The SMILES string of the molecule is CC(=O)c1c(C)[nH]c(C(=O)NCc2cccc[nH+]2)c1C. The summed E-state index contributed by atoms with van der Waals surface area (Å²) in [5, 5.41) is 2.82. The molecule has 1 amide bonds. The molecule has 104 valence electrons. The summed E-state index contributed by atoms with van der Waals surface area (Å²) in [7, 11) is 0. The molecule has 2 aromatic rings. The summed E-state index contributed by atoms with van der Waals surface area (Å²) in [5.74, 6) is -0.248. The molecule has 3 N–H and O–H groups in total. The Kier molecular flexibility index (Phi) is 3.98. The topological polar surface area (TPSA) is 76.1 Å². The van der Waals surface area contributed by atoms with E-state index in [9.17, 15) is 9.59 Å². The predicted octanol–water partition coefficient (Wildman–Crippen LogP) is 1.58. The Morgan fingerprint density at radius 3 is 2.60 bits per heavy atom. The summed E-state index contributed by atoms with van der Waals surface area (Å²) in [6.07, 6.45) is 1.80. The van der Waals surface area contributed by atoms with Crippen molar-refractivity contribution in [2.75, 3.05) is 0 Å². The molecule has 0 aliphatic rings. The highest BCUT2D eigenvalue weighted by atomic mass is 16.2. The molecule has 5 nitrogen and oxygen atoms in total. The molecule has 0 bridgehead atoms. The zero-order chi connectivity index (χ0) is 14.7. The molecule has 0 saturated heterocycles. The molecule has 2 aromatic heterocycles. The molecular formula is C15H18N3O2+. The van der Waals surface area contributed by atoms with Gasteiger partial charge in [-0.25, -0.2) is 4.98 Å². The average molecular weight is 272 g/mol. The van der Waals surface area contributed by atoms with Crippen molar-refractivity contribution in [2.45, 2.75) is 27.3 Å². The monoisotopic (exact) mass is 272 g/mol. The van der Waals surface area contributed by atoms with E-state index < -0.39 is 0 Å². The minimum Gasteiger partial charge on any atom is -0.354 e. The van der Waals surface area contributed by atoms with Crippen molar-refractivity contribution in [3.8, 4) is 0 Å². The van der Waals surface area contributed by atoms with Gasteiger partial charge in [-0.2, -0.15) is 0 Å². The third-order valence-corrected chi connectivity index (χ3v) is 3.23. The summed E-state index contributed by atoms with van der Waals surface area (Å²) < 4.78 is 0. The van der Waals surface area contributed by atoms with E-state index in [4.69, 9.17) is 0 Å². The molecule has 0 aromatic carbocycles. The van der Waals surface area contributed by atoms with E-state index in [1.165, 1.54) is 6.92 Å². The van der Waals surface area contributed by atoms with Crippen LogP contribution >= 0.6 is 0 Å². The summed E-state index contributed by atoms with van der Waals surface area (Å²) in [5.41, 5.74) is 3.38. The molecule has 0 saturated carbocycles. The fourth-order valence-corrected chi connectivity index (χ4v) is 2.31. The van der Waals surface area contributed by atoms with Crippen LogP contribution in [0.5, 0.6) is 0 Å². The molecule has 0 aliphatic carbocycles. The number of rotatable bonds is 4. The maximum absolute atomic E-state index is 12.2. The van der Waals surface area contributed by atoms with Gasteiger partial charge in [0.1, 0.15) is 12.2 Å². The first-order valence-electron chi connectivity index (χ1n) is 6.44. The number of Topliss-reactive ketones (excluding diaryl/α,β-unsaturated/α-hetero) is 1. The molecule has 0 unspecified atom stereocenters. The predicted molar refractivity (Wildman–Crippen MR) is 74.4 cm³/mol. The Morgan fingerprint density at radius 2 is 2.05 bits per heavy atom. The molecule has 0 radical (unpaired) electrons. The fourth-order valence-electron chi connectivity index (χ4n) is 2.31. The molecule has 5 heteroatoms. The zero-order valence-electron chi connectivity index (χ0n) is 11.8. The molecule has 0 aliphatic heterocycles. The molecule has 2 rings (SSSR count). The van der Waals surface area contributed by atoms with Gasteiger partial charge in [0.2, 0.25) is 0 Å². The quantitative estimate of drug-likeness (QED) is 0.829. The Morgan fingerprint density at radius 1 is 1.30 bits per heavy atom. The average Bonchev–Trinajstić information content (AvgIpc) is 2.72. The number of amides is 1. The highest BCUT2D eigenvalue weighted by molar-refractivity contribution is 6.02. The number of hydrogen-bond acceptors (Lipinski definition) is 2. The minimum absolute atomic E-state index is 0.0355. The van der Waals surface area contributed by atoms with E-state index >= 15 is 0 Å². The van der Waals surface area contributed by atoms with E-state index in [-0.39, 0.29) is 11.7 Å². The van der Waals surface area contributed by atoms with Crippen molar-refractivity contribution in [3.63, 3.8) is 0 Å². The van der Waals surface area contributed by atoms with Gasteiger partial charge in [-0.3, -0.25) is 9.59 Å². The number of carbonyl (C=O) groups excluding carboxylic acids is 2. The number of pyridine rings is 1. The van der Waals surface area contributed by atoms with Crippen LogP contribution in [-0.2, 0) is 6.54 Å². The third kappa shape index (κ3) is 2.77. The van der Waals surface area contributed by atoms with Crippen molar-refractivity contribution >= 4 is 11.7 Å². The Labute approximate surface area is 117 Å².